The third kappa shape index (κ3) is 1.68. The van der Waals surface area contributed by atoms with Gasteiger partial charge in [0, 0.05) is 5.71 Å². The topological polar surface area (TPSA) is 104 Å². The van der Waals surface area contributed by atoms with Crippen LogP contribution < -0.4 is 0 Å². The summed E-state index contributed by atoms with van der Waals surface area (Å²) >= 11 is 0. The summed E-state index contributed by atoms with van der Waals surface area (Å²) in [5, 5.41) is 17.3. The van der Waals surface area contributed by atoms with Gasteiger partial charge in [-0.3, -0.25) is 9.59 Å². The highest BCUT2D eigenvalue weighted by Crippen LogP contribution is 2.18. The number of carbonyl (C=O) groups is 3. The molecule has 1 heterocycles. The molecule has 0 radical (unpaired) electrons. The van der Waals surface area contributed by atoms with E-state index in [2.05, 4.69) is 4.99 Å². The van der Waals surface area contributed by atoms with Crippen molar-refractivity contribution in [2.24, 2.45) is 10.9 Å². The van der Waals surface area contributed by atoms with Crippen molar-refractivity contribution in [2.75, 3.05) is 0 Å². The van der Waals surface area contributed by atoms with E-state index in [1.54, 1.807) is 0 Å². The fourth-order valence-electron chi connectivity index (χ4n) is 1.14. The average molecular weight is 197 g/mol. The zero-order valence-electron chi connectivity index (χ0n) is 7.22. The molecule has 1 aliphatic rings. The van der Waals surface area contributed by atoms with Gasteiger partial charge in [0.05, 0.1) is 5.57 Å². The Hall–Kier alpha value is -1.98. The van der Waals surface area contributed by atoms with Crippen molar-refractivity contribution in [3.63, 3.8) is 0 Å². The van der Waals surface area contributed by atoms with Gasteiger partial charge in [-0.2, -0.15) is 0 Å². The summed E-state index contributed by atoms with van der Waals surface area (Å²) in [7, 11) is 0. The second kappa shape index (κ2) is 3.41. The van der Waals surface area contributed by atoms with E-state index in [1.807, 2.05) is 0 Å². The molecule has 0 aromatic heterocycles. The Bertz CT molecular complexity index is 379. The summed E-state index contributed by atoms with van der Waals surface area (Å²) < 4.78 is 0. The van der Waals surface area contributed by atoms with Crippen LogP contribution in [-0.4, -0.2) is 33.8 Å². The number of hydrogen-bond donors (Lipinski definition) is 2. The third-order valence-corrected chi connectivity index (χ3v) is 1.70. The molecule has 1 amide bonds. The zero-order valence-corrected chi connectivity index (χ0v) is 7.22. The van der Waals surface area contributed by atoms with Crippen LogP contribution in [0.5, 0.6) is 0 Å². The number of hydrogen-bond acceptors (Lipinski definition) is 3. The first-order valence-corrected chi connectivity index (χ1v) is 3.70. The second-order valence-corrected chi connectivity index (χ2v) is 2.77. The van der Waals surface area contributed by atoms with Gasteiger partial charge >= 0.3 is 11.9 Å². The molecule has 6 heteroatoms. The number of amides is 1. The molecule has 74 valence electrons. The SMILES string of the molecule is CC1=NC(=O)C(C(=O)O)C(C(=O)O)=C1. The summed E-state index contributed by atoms with van der Waals surface area (Å²) in [6, 6.07) is 0. The van der Waals surface area contributed by atoms with Crippen molar-refractivity contribution in [3.05, 3.63) is 11.6 Å². The standard InChI is InChI=1S/C8H7NO5/c1-3-2-4(7(11)12)5(8(13)14)6(10)9-3/h2,5H,1H3,(H,11,12)(H,13,14). The van der Waals surface area contributed by atoms with Crippen molar-refractivity contribution in [3.8, 4) is 0 Å². The van der Waals surface area contributed by atoms with Crippen LogP contribution in [0.25, 0.3) is 0 Å². The highest BCUT2D eigenvalue weighted by molar-refractivity contribution is 6.18. The van der Waals surface area contributed by atoms with Crippen LogP contribution in [0.2, 0.25) is 0 Å². The third-order valence-electron chi connectivity index (χ3n) is 1.70. The van der Waals surface area contributed by atoms with Gasteiger partial charge in [0.15, 0.2) is 5.92 Å². The quantitative estimate of drug-likeness (QED) is 0.591. The normalized spacial score (nSPS) is 21.2. The molecule has 0 aromatic carbocycles. The van der Waals surface area contributed by atoms with Crippen LogP contribution in [0.1, 0.15) is 6.92 Å². The second-order valence-electron chi connectivity index (χ2n) is 2.77. The maximum atomic E-state index is 11.1. The number of carboxylic acid groups (broad SMARTS) is 2. The average Bonchev–Trinajstić information content (AvgIpc) is 2.01. The largest absolute Gasteiger partial charge is 0.480 e. The number of carbonyl (C=O) groups excluding carboxylic acids is 1. The molecule has 1 unspecified atom stereocenters. The lowest BCUT2D eigenvalue weighted by atomic mass is 9.95. The molecule has 0 aliphatic carbocycles. The highest BCUT2D eigenvalue weighted by Gasteiger charge is 2.36. The van der Waals surface area contributed by atoms with E-state index in [4.69, 9.17) is 10.2 Å². The molecule has 6 nitrogen and oxygen atoms in total. The molecule has 2 N–H and O–H groups in total. The number of dihydropyridines is 1. The van der Waals surface area contributed by atoms with Crippen LogP contribution in [0.4, 0.5) is 0 Å². The number of carboxylic acids is 2. The number of aliphatic imine (C=N–C) groups is 1. The van der Waals surface area contributed by atoms with Crippen molar-refractivity contribution < 1.29 is 24.6 Å². The fraction of sp³-hybridized carbons (Fsp3) is 0.250. The predicted octanol–water partition coefficient (Wildman–Crippen LogP) is -0.301. The smallest absolute Gasteiger partial charge is 0.333 e. The predicted molar refractivity (Wildman–Crippen MR) is 45.0 cm³/mol. The van der Waals surface area contributed by atoms with Gasteiger partial charge in [0.25, 0.3) is 5.91 Å². The molecule has 1 rings (SSSR count). The van der Waals surface area contributed by atoms with E-state index in [1.165, 1.54) is 6.92 Å². The van der Waals surface area contributed by atoms with Gasteiger partial charge in [-0.15, -0.1) is 0 Å². The monoisotopic (exact) mass is 197 g/mol. The first-order valence-electron chi connectivity index (χ1n) is 3.70. The molecule has 0 saturated heterocycles. The van der Waals surface area contributed by atoms with Crippen molar-refractivity contribution in [1.82, 2.24) is 0 Å². The molecule has 0 spiro atoms. The van der Waals surface area contributed by atoms with Gasteiger partial charge in [-0.25, -0.2) is 9.79 Å². The van der Waals surface area contributed by atoms with Gasteiger partial charge < -0.3 is 10.2 Å². The van der Waals surface area contributed by atoms with Gasteiger partial charge in [0.1, 0.15) is 0 Å². The van der Waals surface area contributed by atoms with E-state index in [9.17, 15) is 14.4 Å². The maximum Gasteiger partial charge on any atom is 0.333 e. The summed E-state index contributed by atoms with van der Waals surface area (Å²) in [6.45, 7) is 1.43. The summed E-state index contributed by atoms with van der Waals surface area (Å²) in [5.74, 6) is -5.55. The van der Waals surface area contributed by atoms with E-state index < -0.39 is 29.3 Å². The Labute approximate surface area is 78.6 Å². The number of nitrogens with zero attached hydrogens (tertiary/aromatic N) is 1. The van der Waals surface area contributed by atoms with Gasteiger partial charge in [0.2, 0.25) is 0 Å². The van der Waals surface area contributed by atoms with E-state index in [0.717, 1.165) is 6.08 Å². The molecule has 1 aliphatic heterocycles. The number of allylic oxidation sites excluding steroid dienone is 1. The molecule has 0 fully saturated rings. The molecular weight excluding hydrogens is 190 g/mol. The van der Waals surface area contributed by atoms with Crippen molar-refractivity contribution >= 4 is 23.6 Å². The lowest BCUT2D eigenvalue weighted by Crippen LogP contribution is -2.31. The first-order chi connectivity index (χ1) is 6.43. The van der Waals surface area contributed by atoms with Crippen molar-refractivity contribution in [1.29, 1.82) is 0 Å². The zero-order chi connectivity index (χ0) is 10.9. The lowest BCUT2D eigenvalue weighted by Gasteiger charge is -2.13. The van der Waals surface area contributed by atoms with Crippen LogP contribution in [-0.2, 0) is 14.4 Å². The van der Waals surface area contributed by atoms with Crippen LogP contribution in [0.3, 0.4) is 0 Å². The summed E-state index contributed by atoms with van der Waals surface area (Å²) in [4.78, 5) is 35.7. The number of rotatable bonds is 2. The maximum absolute atomic E-state index is 11.1. The van der Waals surface area contributed by atoms with Gasteiger partial charge in [-0.05, 0) is 13.0 Å². The Balaban J connectivity index is 3.19. The minimum absolute atomic E-state index is 0.199. The van der Waals surface area contributed by atoms with E-state index in [-0.39, 0.29) is 5.71 Å². The highest BCUT2D eigenvalue weighted by atomic mass is 16.4. The summed E-state index contributed by atoms with van der Waals surface area (Å²) in [6.07, 6.45) is 1.09. The first kappa shape index (κ1) is 10.1. The fourth-order valence-corrected chi connectivity index (χ4v) is 1.14. The molecule has 0 saturated carbocycles. The number of aliphatic carboxylic acids is 2. The minimum Gasteiger partial charge on any atom is -0.480 e. The molecule has 0 aromatic rings. The Morgan fingerprint density at radius 2 is 2.00 bits per heavy atom. The Kier molecular flexibility index (Phi) is 2.46. The van der Waals surface area contributed by atoms with Crippen LogP contribution in [0, 0.1) is 5.92 Å². The van der Waals surface area contributed by atoms with Gasteiger partial charge in [-0.1, -0.05) is 0 Å². The van der Waals surface area contributed by atoms with E-state index in [0.29, 0.717) is 0 Å². The molecular formula is C8H7NO5. The van der Waals surface area contributed by atoms with Crippen LogP contribution >= 0.6 is 0 Å². The molecule has 14 heavy (non-hydrogen) atoms. The van der Waals surface area contributed by atoms with Crippen LogP contribution in [0.15, 0.2) is 16.6 Å². The van der Waals surface area contributed by atoms with Crippen molar-refractivity contribution in [2.45, 2.75) is 6.92 Å². The molecule has 1 atom stereocenters. The minimum atomic E-state index is -1.68. The lowest BCUT2D eigenvalue weighted by molar-refractivity contribution is -0.147. The Morgan fingerprint density at radius 1 is 1.43 bits per heavy atom. The molecule has 0 bridgehead atoms. The Morgan fingerprint density at radius 3 is 2.43 bits per heavy atom. The summed E-state index contributed by atoms with van der Waals surface area (Å²) in [5.41, 5.74) is -0.250. The van der Waals surface area contributed by atoms with E-state index >= 15 is 0 Å².